The van der Waals surface area contributed by atoms with Crippen molar-refractivity contribution in [3.63, 3.8) is 0 Å². The van der Waals surface area contributed by atoms with Gasteiger partial charge in [-0.05, 0) is 0 Å². The van der Waals surface area contributed by atoms with Crippen molar-refractivity contribution in [3.05, 3.63) is 62.8 Å². The molecule has 0 aliphatic heterocycles. The summed E-state index contributed by atoms with van der Waals surface area (Å²) in [5, 5.41) is 0. The largest absolute Gasteiger partial charge is 0.0767 e. The molecule has 103 valence electrons. The molecule has 0 spiro atoms. The molecule has 0 aromatic heterocycles. The molecule has 0 saturated carbocycles. The molecule has 9 heteroatoms. The number of hydrogen-bond acceptors (Lipinski definition) is 0. The van der Waals surface area contributed by atoms with E-state index in [0.717, 1.165) is 0 Å². The molecule has 0 saturated heterocycles. The van der Waals surface area contributed by atoms with Gasteiger partial charge in [0, 0.05) is 27.5 Å². The van der Waals surface area contributed by atoms with Gasteiger partial charge in [0.05, 0.1) is 0 Å². The molecule has 0 N–H and O–H groups in total. The second-order valence-electron chi connectivity index (χ2n) is 1.84. The molecule has 1 rings (SSSR count). The van der Waals surface area contributed by atoms with Crippen LogP contribution < -0.4 is 0 Å². The van der Waals surface area contributed by atoms with E-state index in [1.807, 2.05) is 42.9 Å². The summed E-state index contributed by atoms with van der Waals surface area (Å²) in [6, 6.07) is 0. The number of rotatable bonds is 0. The van der Waals surface area contributed by atoms with E-state index in [4.69, 9.17) is 14.0 Å². The summed E-state index contributed by atoms with van der Waals surface area (Å²) < 4.78 is 61.5. The first-order valence-electron chi connectivity index (χ1n) is 3.82. The minimum Gasteiger partial charge on any atom is -0.0767 e. The third kappa shape index (κ3) is 108. The van der Waals surface area contributed by atoms with Crippen molar-refractivity contribution < 1.29 is 52.3 Å². The summed E-state index contributed by atoms with van der Waals surface area (Å²) in [5.74, 6) is 0. The fourth-order valence-corrected chi connectivity index (χ4v) is 0.449. The normalized spacial score (nSPS) is 9.79. The third-order valence-corrected chi connectivity index (χ3v) is 0.778. The molecule has 0 unspecified atom stereocenters. The number of allylic oxidation sites excluding steroid dienone is 6. The summed E-state index contributed by atoms with van der Waals surface area (Å²) >= 11 is 0. The van der Waals surface area contributed by atoms with Gasteiger partial charge in [0.2, 0.25) is 0 Å². The minimum atomic E-state index is -6.00. The van der Waals surface area contributed by atoms with Crippen molar-refractivity contribution in [1.29, 1.82) is 0 Å². The molecule has 0 atom stereocenters. The molecule has 1 aliphatic carbocycles. The standard InChI is InChI=1S/C7H7.3CO.BF4.Mo/c1-2-4-6-7-5-3-1;3*1-2;2-1(3,4)5;/h1-7H;;;;;/q;;;;-1;. The van der Waals surface area contributed by atoms with Crippen LogP contribution in [0, 0.1) is 26.4 Å². The first-order valence-corrected chi connectivity index (χ1v) is 3.82. The van der Waals surface area contributed by atoms with Gasteiger partial charge in [0.15, 0.2) is 0 Å². The predicted molar refractivity (Wildman–Crippen MR) is 53.7 cm³/mol. The quantitative estimate of drug-likeness (QED) is 0.277. The molecule has 3 nitrogen and oxygen atoms in total. The van der Waals surface area contributed by atoms with E-state index in [9.17, 15) is 17.3 Å². The molecule has 0 aromatic rings. The molecule has 1 aliphatic rings. The second-order valence-corrected chi connectivity index (χ2v) is 1.84. The van der Waals surface area contributed by atoms with Gasteiger partial charge in [-0.1, -0.05) is 36.5 Å². The van der Waals surface area contributed by atoms with Crippen LogP contribution >= 0.6 is 0 Å². The fraction of sp³-hybridized carbons (Fsp3) is 0. The Labute approximate surface area is 123 Å². The molecule has 0 aromatic carbocycles. The van der Waals surface area contributed by atoms with Gasteiger partial charge >= 0.3 is 41.2 Å². The maximum absolute atomic E-state index is 9.75. The summed E-state index contributed by atoms with van der Waals surface area (Å²) in [7, 11) is -6.00. The Bertz CT molecular complexity index is 272. The van der Waals surface area contributed by atoms with E-state index in [1.54, 1.807) is 0 Å². The van der Waals surface area contributed by atoms with E-state index in [0.29, 0.717) is 0 Å². The van der Waals surface area contributed by atoms with Crippen molar-refractivity contribution >= 4 is 7.25 Å². The van der Waals surface area contributed by atoms with E-state index in [2.05, 4.69) is 20.0 Å². The van der Waals surface area contributed by atoms with E-state index in [-0.39, 0.29) is 21.1 Å². The average Bonchev–Trinajstić information content (AvgIpc) is 2.67. The van der Waals surface area contributed by atoms with Gasteiger partial charge in [0.25, 0.3) is 0 Å². The molecule has 19 heavy (non-hydrogen) atoms. The van der Waals surface area contributed by atoms with E-state index >= 15 is 0 Å². The van der Waals surface area contributed by atoms with Crippen molar-refractivity contribution in [2.24, 2.45) is 0 Å². The Morgan fingerprint density at radius 1 is 0.579 bits per heavy atom. The van der Waals surface area contributed by atoms with Crippen LogP contribution in [0.3, 0.4) is 0 Å². The molecule has 0 amide bonds. The van der Waals surface area contributed by atoms with E-state index in [1.165, 1.54) is 0 Å². The monoisotopic (exact) mass is 360 g/mol. The summed E-state index contributed by atoms with van der Waals surface area (Å²) in [4.78, 5) is 0. The van der Waals surface area contributed by atoms with Crippen LogP contribution in [0.2, 0.25) is 0 Å². The zero-order chi connectivity index (χ0) is 15.4. The van der Waals surface area contributed by atoms with Crippen LogP contribution in [0.5, 0.6) is 0 Å². The maximum Gasteiger partial charge on any atom is 0.00506 e. The molecular weight excluding hydrogens is 351 g/mol. The Balaban J connectivity index is -0.0000000488. The van der Waals surface area contributed by atoms with Crippen molar-refractivity contribution in [2.75, 3.05) is 0 Å². The molecule has 0 heterocycles. The Kier molecular flexibility index (Phi) is 48.8. The van der Waals surface area contributed by atoms with Crippen LogP contribution in [-0.2, 0) is 35.0 Å². The second kappa shape index (κ2) is 30.2. The minimum absolute atomic E-state index is 0. The SMILES string of the molecule is F[B-](F)(F)F.[C-]#[O+].[C-]#[O+].[C-]#[O+].[CH]1C=CC=CC=C1.[Mo]. The number of hydrogen-bond donors (Lipinski definition) is 0. The molecule has 0 fully saturated rings. The van der Waals surface area contributed by atoms with Gasteiger partial charge in [-0.2, -0.15) is 0 Å². The Morgan fingerprint density at radius 2 is 0.737 bits per heavy atom. The first kappa shape index (κ1) is 30.7. The number of halogens is 4. The van der Waals surface area contributed by atoms with Crippen molar-refractivity contribution in [3.8, 4) is 0 Å². The maximum atomic E-state index is 9.75. The van der Waals surface area contributed by atoms with Gasteiger partial charge in [-0.15, -0.1) is 0 Å². The smallest absolute Gasteiger partial charge is 0.00506 e. The van der Waals surface area contributed by atoms with Gasteiger partial charge in [-0.25, -0.2) is 0 Å². The summed E-state index contributed by atoms with van der Waals surface area (Å²) in [6.07, 6.45) is 14.0. The topological polar surface area (TPSA) is 59.7 Å². The van der Waals surface area contributed by atoms with Gasteiger partial charge in [-0.3, -0.25) is 0 Å². The summed E-state index contributed by atoms with van der Waals surface area (Å²) in [6.45, 7) is 13.5. The van der Waals surface area contributed by atoms with Crippen LogP contribution in [0.25, 0.3) is 0 Å². The fourth-order valence-electron chi connectivity index (χ4n) is 0.449. The third-order valence-electron chi connectivity index (χ3n) is 0.778. The summed E-state index contributed by atoms with van der Waals surface area (Å²) in [5.41, 5.74) is 0. The zero-order valence-corrected chi connectivity index (χ0v) is 11.3. The van der Waals surface area contributed by atoms with Crippen LogP contribution in [0.4, 0.5) is 17.3 Å². The van der Waals surface area contributed by atoms with Crippen LogP contribution in [0.15, 0.2) is 36.5 Å². The van der Waals surface area contributed by atoms with Crippen LogP contribution in [0.1, 0.15) is 0 Å². The van der Waals surface area contributed by atoms with E-state index < -0.39 is 7.25 Å². The molecule has 1 radical (unpaired) electrons. The van der Waals surface area contributed by atoms with Gasteiger partial charge < -0.3 is 17.3 Å². The molecular formula is C10H7BF4MoO3-. The van der Waals surface area contributed by atoms with Crippen molar-refractivity contribution in [1.82, 2.24) is 0 Å². The Hall–Kier alpha value is -1.09. The van der Waals surface area contributed by atoms with Gasteiger partial charge in [0.1, 0.15) is 0 Å². The molecule has 0 bridgehead atoms. The average molecular weight is 358 g/mol. The van der Waals surface area contributed by atoms with Crippen molar-refractivity contribution in [2.45, 2.75) is 0 Å². The predicted octanol–water partition coefficient (Wildman–Crippen LogP) is 3.06. The Morgan fingerprint density at radius 3 is 0.947 bits per heavy atom. The first-order chi connectivity index (χ1) is 8.50. The zero-order valence-electron chi connectivity index (χ0n) is 9.26. The van der Waals surface area contributed by atoms with Crippen LogP contribution in [-0.4, -0.2) is 7.25 Å².